The summed E-state index contributed by atoms with van der Waals surface area (Å²) in [5.41, 5.74) is 15.4. The summed E-state index contributed by atoms with van der Waals surface area (Å²) in [6.07, 6.45) is 0. The Labute approximate surface area is 381 Å². The number of halogens is 1. The lowest BCUT2D eigenvalue weighted by Crippen LogP contribution is -2.44. The molecule has 5 nitrogen and oxygen atoms in total. The molecular formula is C54H60B3ClN2O3. The zero-order chi connectivity index (χ0) is 45.5. The lowest BCUT2D eigenvalue weighted by Gasteiger charge is -2.25. The molecule has 0 saturated carbocycles. The van der Waals surface area contributed by atoms with E-state index in [4.69, 9.17) is 35.3 Å². The molecule has 1 aliphatic heterocycles. The Hall–Kier alpha value is -4.98. The van der Waals surface area contributed by atoms with Gasteiger partial charge in [0.05, 0.1) is 27.4 Å². The van der Waals surface area contributed by atoms with E-state index < -0.39 is 0 Å². The van der Waals surface area contributed by atoms with Crippen LogP contribution < -0.4 is 0 Å². The number of benzene rings is 6. The third-order valence-electron chi connectivity index (χ3n) is 11.7. The van der Waals surface area contributed by atoms with Gasteiger partial charge in [-0.05, 0) is 175 Å². The molecule has 6 aromatic carbocycles. The van der Waals surface area contributed by atoms with Crippen molar-refractivity contribution in [3.05, 3.63) is 153 Å². The molecule has 8 aromatic rings. The number of pyridine rings is 2. The fourth-order valence-corrected chi connectivity index (χ4v) is 9.39. The van der Waals surface area contributed by atoms with E-state index in [-0.39, 0.29) is 32.2 Å². The summed E-state index contributed by atoms with van der Waals surface area (Å²) in [4.78, 5) is 10.0. The summed E-state index contributed by atoms with van der Waals surface area (Å²) in [6, 6.07) is 39.3. The van der Waals surface area contributed by atoms with Crippen molar-refractivity contribution in [3.8, 4) is 22.5 Å². The second-order valence-electron chi connectivity index (χ2n) is 19.4. The van der Waals surface area contributed by atoms with Crippen molar-refractivity contribution in [1.29, 1.82) is 0 Å². The van der Waals surface area contributed by atoms with Crippen LogP contribution in [0.15, 0.2) is 109 Å². The zero-order valence-electron chi connectivity index (χ0n) is 39.6. The van der Waals surface area contributed by atoms with Gasteiger partial charge < -0.3 is 13.7 Å². The maximum absolute atomic E-state index is 6.68. The highest BCUT2D eigenvalue weighted by molar-refractivity contribution is 6.72. The molecule has 0 N–H and O–H groups in total. The van der Waals surface area contributed by atoms with E-state index in [9.17, 15) is 0 Å². The highest BCUT2D eigenvalue weighted by Crippen LogP contribution is 2.38. The van der Waals surface area contributed by atoms with E-state index in [0.29, 0.717) is 0 Å². The summed E-state index contributed by atoms with van der Waals surface area (Å²) in [5, 5.41) is 8.23. The van der Waals surface area contributed by atoms with Crippen LogP contribution in [0.3, 0.4) is 0 Å². The van der Waals surface area contributed by atoms with Crippen molar-refractivity contribution >= 4 is 76.3 Å². The summed E-state index contributed by atoms with van der Waals surface area (Å²) in [7, 11) is -0.406. The number of hydrogen-bond acceptors (Lipinski definition) is 5. The number of fused-ring (bicyclic) bond motifs is 4. The molecule has 9 rings (SSSR count). The third kappa shape index (κ3) is 10.4. The van der Waals surface area contributed by atoms with Gasteiger partial charge in [-0.1, -0.05) is 114 Å². The van der Waals surface area contributed by atoms with Gasteiger partial charge in [0.25, 0.3) is 0 Å². The van der Waals surface area contributed by atoms with Crippen molar-refractivity contribution in [3.63, 3.8) is 0 Å². The van der Waals surface area contributed by atoms with Crippen LogP contribution in [0.25, 0.3) is 65.9 Å². The third-order valence-corrected chi connectivity index (χ3v) is 12.0. The van der Waals surface area contributed by atoms with Gasteiger partial charge in [0.15, 0.2) is 0 Å². The summed E-state index contributed by atoms with van der Waals surface area (Å²) in [6.45, 7) is 29.9. The standard InChI is InChI=1S/C26H27N.C25H24ClN.C3H9B3O3/c1-16-11-17(2)25-18(3)13-23(27-24(25)12-16)20-14-19-9-7-8-10-21(19)22(15-20)26(4,5)6;1-15-10-16(2)24-21(26)14-22(27-23(24)11-15)18-12-17-8-6-7-9-19(17)20(13-18)25(3,4)5;1-4-7-5(2)9-6(3)8-4/h7-15H,1-6H3;6-14H,1-5H3;1-3H3. The smallest absolute Gasteiger partial charge is 0.426 e. The molecule has 320 valence electrons. The predicted molar refractivity (Wildman–Crippen MR) is 274 cm³/mol. The van der Waals surface area contributed by atoms with Crippen LogP contribution in [0.4, 0.5) is 0 Å². The van der Waals surface area contributed by atoms with Gasteiger partial charge in [-0.3, -0.25) is 0 Å². The molecule has 3 heterocycles. The van der Waals surface area contributed by atoms with Crippen molar-refractivity contribution in [2.75, 3.05) is 0 Å². The van der Waals surface area contributed by atoms with E-state index in [1.54, 1.807) is 0 Å². The Morgan fingerprint density at radius 1 is 0.460 bits per heavy atom. The average molecular weight is 853 g/mol. The molecule has 0 aliphatic carbocycles. The highest BCUT2D eigenvalue weighted by atomic mass is 35.5. The highest BCUT2D eigenvalue weighted by Gasteiger charge is 2.31. The first-order valence-corrected chi connectivity index (χ1v) is 22.5. The molecule has 0 amide bonds. The van der Waals surface area contributed by atoms with Crippen LogP contribution >= 0.6 is 11.6 Å². The molecule has 2 aromatic heterocycles. The van der Waals surface area contributed by atoms with Gasteiger partial charge in [-0.25, -0.2) is 9.97 Å². The number of hydrogen-bond donors (Lipinski definition) is 0. The minimum absolute atomic E-state index is 0.0451. The van der Waals surface area contributed by atoms with Crippen molar-refractivity contribution in [2.45, 2.75) is 107 Å². The van der Waals surface area contributed by atoms with Crippen molar-refractivity contribution < 1.29 is 13.7 Å². The SMILES string of the molecule is CB1OB(C)OB(C)O1.Cc1cc(C)c2c(C)cc(-c3cc(C(C)(C)C)c4ccccc4c3)nc2c1.Cc1cc(C)c2c(Cl)cc(-c3cc(C(C)(C)C)c4ccccc4c3)nc2c1. The van der Waals surface area contributed by atoms with E-state index >= 15 is 0 Å². The average Bonchev–Trinajstić information content (AvgIpc) is 3.18. The van der Waals surface area contributed by atoms with E-state index in [0.717, 1.165) is 38.4 Å². The molecule has 0 atom stereocenters. The minimum Gasteiger partial charge on any atom is -0.453 e. The van der Waals surface area contributed by atoms with Gasteiger partial charge in [0.1, 0.15) is 0 Å². The van der Waals surface area contributed by atoms with Crippen molar-refractivity contribution in [1.82, 2.24) is 9.97 Å². The quantitative estimate of drug-likeness (QED) is 0.162. The lowest BCUT2D eigenvalue weighted by atomic mass is 9.74. The fraction of sp³-hybridized carbons (Fsp3) is 0.296. The van der Waals surface area contributed by atoms with Gasteiger partial charge in [-0.15, -0.1) is 0 Å². The van der Waals surface area contributed by atoms with Gasteiger partial charge in [0, 0.05) is 21.9 Å². The Morgan fingerprint density at radius 2 is 0.841 bits per heavy atom. The van der Waals surface area contributed by atoms with E-state index in [1.807, 2.05) is 26.5 Å². The minimum atomic E-state index is -0.135. The molecule has 9 heteroatoms. The number of rotatable bonds is 2. The zero-order valence-corrected chi connectivity index (χ0v) is 40.4. The molecule has 0 radical (unpaired) electrons. The first kappa shape index (κ1) is 46.0. The second-order valence-corrected chi connectivity index (χ2v) is 19.8. The first-order valence-electron chi connectivity index (χ1n) is 22.2. The molecular weight excluding hydrogens is 792 g/mol. The first-order chi connectivity index (χ1) is 29.7. The van der Waals surface area contributed by atoms with Crippen LogP contribution in [0.1, 0.15) is 80.5 Å². The maximum atomic E-state index is 6.68. The number of aromatic nitrogens is 2. The topological polar surface area (TPSA) is 53.5 Å². The Balaban J connectivity index is 0.000000158. The molecule has 0 spiro atoms. The van der Waals surface area contributed by atoms with Gasteiger partial charge in [0.2, 0.25) is 0 Å². The van der Waals surface area contributed by atoms with Crippen LogP contribution in [-0.4, -0.2) is 31.3 Å². The monoisotopic (exact) mass is 852 g/mol. The van der Waals surface area contributed by atoms with Crippen LogP contribution in [0.2, 0.25) is 25.5 Å². The Morgan fingerprint density at radius 3 is 1.29 bits per heavy atom. The maximum Gasteiger partial charge on any atom is 0.426 e. The Kier molecular flexibility index (Phi) is 13.3. The molecule has 1 fully saturated rings. The number of aryl methyl sites for hydroxylation is 5. The Bertz CT molecular complexity index is 2780. The van der Waals surface area contributed by atoms with E-state index in [2.05, 4.69) is 179 Å². The lowest BCUT2D eigenvalue weighted by molar-refractivity contribution is 0.294. The van der Waals surface area contributed by atoms with Crippen LogP contribution in [-0.2, 0) is 24.5 Å². The van der Waals surface area contributed by atoms with Gasteiger partial charge in [-0.2, -0.15) is 0 Å². The summed E-state index contributed by atoms with van der Waals surface area (Å²) in [5.74, 6) is 0. The largest absolute Gasteiger partial charge is 0.453 e. The molecule has 0 unspecified atom stereocenters. The van der Waals surface area contributed by atoms with Crippen LogP contribution in [0, 0.1) is 34.6 Å². The van der Waals surface area contributed by atoms with E-state index in [1.165, 1.54) is 71.4 Å². The fourth-order valence-electron chi connectivity index (χ4n) is 9.04. The molecule has 1 aliphatic rings. The molecule has 63 heavy (non-hydrogen) atoms. The normalized spacial score (nSPS) is 13.3. The second kappa shape index (κ2) is 18.3. The summed E-state index contributed by atoms with van der Waals surface area (Å²) < 4.78 is 15.3. The number of nitrogens with zero attached hydrogens (tertiary/aromatic N) is 2. The van der Waals surface area contributed by atoms with Crippen molar-refractivity contribution in [2.24, 2.45) is 0 Å². The van der Waals surface area contributed by atoms with Crippen LogP contribution in [0.5, 0.6) is 0 Å². The predicted octanol–water partition coefficient (Wildman–Crippen LogP) is 15.3. The van der Waals surface area contributed by atoms with Gasteiger partial charge >= 0.3 is 21.4 Å². The summed E-state index contributed by atoms with van der Waals surface area (Å²) >= 11 is 6.68. The molecule has 0 bridgehead atoms. The molecule has 1 saturated heterocycles.